The zero-order valence-electron chi connectivity index (χ0n) is 16.0. The van der Waals surface area contributed by atoms with Gasteiger partial charge in [0.2, 0.25) is 11.9 Å². The van der Waals surface area contributed by atoms with Gasteiger partial charge in [0.05, 0.1) is 5.69 Å². The van der Waals surface area contributed by atoms with Gasteiger partial charge in [-0.15, -0.1) is 0 Å². The van der Waals surface area contributed by atoms with Gasteiger partial charge in [-0.25, -0.2) is 9.67 Å². The predicted molar refractivity (Wildman–Crippen MR) is 104 cm³/mol. The van der Waals surface area contributed by atoms with Crippen molar-refractivity contribution in [1.82, 2.24) is 20.4 Å². The number of nitrogens with zero attached hydrogens (tertiary/aromatic N) is 4. The van der Waals surface area contributed by atoms with Crippen molar-refractivity contribution in [2.45, 2.75) is 46.1 Å². The highest BCUT2D eigenvalue weighted by Gasteiger charge is 2.30. The number of carbonyl (C=O) groups excluding carboxylic acids is 1. The maximum atomic E-state index is 12.7. The molecule has 0 bridgehead atoms. The molecular weight excluding hydrogens is 332 g/mol. The highest BCUT2D eigenvalue weighted by Crippen LogP contribution is 2.41. The minimum Gasteiger partial charge on any atom is -0.392 e. The van der Waals surface area contributed by atoms with Crippen LogP contribution in [0.4, 0.5) is 0 Å². The summed E-state index contributed by atoms with van der Waals surface area (Å²) < 4.78 is 1.23. The van der Waals surface area contributed by atoms with Crippen molar-refractivity contribution >= 4 is 24.2 Å². The number of amides is 1. The van der Waals surface area contributed by atoms with Crippen molar-refractivity contribution in [3.63, 3.8) is 0 Å². The van der Waals surface area contributed by atoms with E-state index in [1.165, 1.54) is 17.9 Å². The monoisotopic (exact) mass is 358 g/mol. The Morgan fingerprint density at radius 1 is 1.42 bits per heavy atom. The van der Waals surface area contributed by atoms with Crippen LogP contribution in [0.5, 0.6) is 0 Å². The predicted octanol–water partition coefficient (Wildman–Crippen LogP) is 1.20. The van der Waals surface area contributed by atoms with Gasteiger partial charge in [0, 0.05) is 43.1 Å². The Hall–Kier alpha value is -2.77. The van der Waals surface area contributed by atoms with Gasteiger partial charge in [-0.2, -0.15) is 5.10 Å². The third-order valence-corrected chi connectivity index (χ3v) is 4.19. The third-order valence-electron chi connectivity index (χ3n) is 4.19. The Morgan fingerprint density at radius 2 is 2.12 bits per heavy atom. The summed E-state index contributed by atoms with van der Waals surface area (Å²) in [5.74, 6) is 0.160. The fraction of sp³-hybridized carbons (Fsp3) is 0.500. The lowest BCUT2D eigenvalue weighted by molar-refractivity contribution is -0.120. The highest BCUT2D eigenvalue weighted by molar-refractivity contribution is 5.99. The summed E-state index contributed by atoms with van der Waals surface area (Å²) in [5.41, 5.74) is 3.01. The molecule has 1 aliphatic carbocycles. The summed E-state index contributed by atoms with van der Waals surface area (Å²) >= 11 is 0. The van der Waals surface area contributed by atoms with Crippen molar-refractivity contribution < 1.29 is 4.79 Å². The molecule has 1 saturated carbocycles. The van der Waals surface area contributed by atoms with Gasteiger partial charge in [0.25, 0.3) is 5.56 Å². The lowest BCUT2D eigenvalue weighted by Gasteiger charge is -2.13. The van der Waals surface area contributed by atoms with E-state index < -0.39 is 0 Å². The van der Waals surface area contributed by atoms with Crippen LogP contribution in [0.1, 0.15) is 49.4 Å². The molecule has 2 N–H and O–H groups in total. The van der Waals surface area contributed by atoms with Gasteiger partial charge >= 0.3 is 0 Å². The number of hydrogen-bond acceptors (Lipinski definition) is 5. The molecule has 1 fully saturated rings. The van der Waals surface area contributed by atoms with Gasteiger partial charge in [-0.05, 0) is 39.7 Å². The molecule has 0 atom stereocenters. The molecule has 1 amide bonds. The lowest BCUT2D eigenvalue weighted by atomic mass is 10.0. The fourth-order valence-corrected chi connectivity index (χ4v) is 2.54. The summed E-state index contributed by atoms with van der Waals surface area (Å²) in [7, 11) is 3.37. The molecule has 140 valence electrons. The number of nitrogens with one attached hydrogen (secondary N) is 2. The topological polar surface area (TPSA) is 101 Å². The van der Waals surface area contributed by atoms with Crippen LogP contribution in [0.15, 0.2) is 20.5 Å². The molecule has 0 unspecified atom stereocenters. The Morgan fingerprint density at radius 3 is 2.65 bits per heavy atom. The van der Waals surface area contributed by atoms with Crippen LogP contribution >= 0.6 is 0 Å². The molecule has 1 heterocycles. The molecule has 0 aromatic carbocycles. The summed E-state index contributed by atoms with van der Waals surface area (Å²) in [4.78, 5) is 32.7. The van der Waals surface area contributed by atoms with E-state index in [0.29, 0.717) is 11.5 Å². The lowest BCUT2D eigenvalue weighted by Crippen LogP contribution is -2.37. The Kier molecular flexibility index (Phi) is 6.43. The first-order valence-electron chi connectivity index (χ1n) is 8.64. The first kappa shape index (κ1) is 19.6. The van der Waals surface area contributed by atoms with Gasteiger partial charge in [-0.1, -0.05) is 0 Å². The van der Waals surface area contributed by atoms with Crippen LogP contribution in [-0.2, 0) is 11.3 Å². The van der Waals surface area contributed by atoms with Crippen LogP contribution in [0.25, 0.3) is 6.08 Å². The molecule has 26 heavy (non-hydrogen) atoms. The maximum absolute atomic E-state index is 12.7. The normalized spacial score (nSPS) is 15.4. The summed E-state index contributed by atoms with van der Waals surface area (Å²) in [5, 5.41) is 10.1. The van der Waals surface area contributed by atoms with Gasteiger partial charge < -0.3 is 5.32 Å². The Bertz CT molecular complexity index is 831. The van der Waals surface area contributed by atoms with Crippen molar-refractivity contribution in [3.8, 4) is 0 Å². The largest absolute Gasteiger partial charge is 0.392 e. The summed E-state index contributed by atoms with van der Waals surface area (Å²) in [6, 6.07) is 0. The van der Waals surface area contributed by atoms with Gasteiger partial charge in [-0.3, -0.25) is 19.9 Å². The number of hydrogen-bond donors (Lipinski definition) is 2. The second kappa shape index (κ2) is 8.55. The van der Waals surface area contributed by atoms with Crippen LogP contribution in [0.2, 0.25) is 0 Å². The molecule has 1 aromatic rings. The van der Waals surface area contributed by atoms with Crippen LogP contribution < -0.4 is 16.2 Å². The fourth-order valence-electron chi connectivity index (χ4n) is 2.54. The molecule has 1 aliphatic rings. The molecule has 8 nitrogen and oxygen atoms in total. The number of carbonyl (C=O) groups is 1. The number of allylic oxidation sites excluding steroid dienone is 1. The van der Waals surface area contributed by atoms with E-state index in [9.17, 15) is 9.59 Å². The molecule has 0 radical (unpaired) electrons. The number of aliphatic imine (C=N–C) groups is 2. The Balaban J connectivity index is 2.36. The SMILES string of the molecule is C/C=N\C(=NC)NC(=O)Cn1nc(C2CC2)c(/C=C(\C)NC)c(C)c1=O. The molecule has 1 aromatic heterocycles. The third kappa shape index (κ3) is 4.65. The van der Waals surface area contributed by atoms with Crippen LogP contribution in [0.3, 0.4) is 0 Å². The van der Waals surface area contributed by atoms with E-state index in [4.69, 9.17) is 0 Å². The first-order chi connectivity index (χ1) is 12.4. The van der Waals surface area contributed by atoms with Crippen LogP contribution in [0, 0.1) is 6.92 Å². The second-order valence-corrected chi connectivity index (χ2v) is 6.22. The first-order valence-corrected chi connectivity index (χ1v) is 8.64. The molecule has 8 heteroatoms. The second-order valence-electron chi connectivity index (χ2n) is 6.22. The van der Waals surface area contributed by atoms with Crippen molar-refractivity contribution in [3.05, 3.63) is 32.9 Å². The summed E-state index contributed by atoms with van der Waals surface area (Å²) in [6.07, 6.45) is 5.58. The van der Waals surface area contributed by atoms with Crippen molar-refractivity contribution in [1.29, 1.82) is 0 Å². The van der Waals surface area contributed by atoms with Crippen molar-refractivity contribution in [2.75, 3.05) is 14.1 Å². The maximum Gasteiger partial charge on any atom is 0.270 e. The number of guanidine groups is 1. The average molecular weight is 358 g/mol. The molecule has 0 saturated heterocycles. The summed E-state index contributed by atoms with van der Waals surface area (Å²) in [6.45, 7) is 5.27. The number of rotatable bonds is 5. The molecule has 0 aliphatic heterocycles. The van der Waals surface area contributed by atoms with Gasteiger partial charge in [0.15, 0.2) is 0 Å². The zero-order valence-corrected chi connectivity index (χ0v) is 16.0. The average Bonchev–Trinajstić information content (AvgIpc) is 3.45. The van der Waals surface area contributed by atoms with E-state index in [0.717, 1.165) is 29.8 Å². The Labute approximate surface area is 153 Å². The smallest absolute Gasteiger partial charge is 0.270 e. The highest BCUT2D eigenvalue weighted by atomic mass is 16.2. The van der Waals surface area contributed by atoms with E-state index in [1.54, 1.807) is 13.8 Å². The van der Waals surface area contributed by atoms with Crippen molar-refractivity contribution in [2.24, 2.45) is 9.98 Å². The molecule has 2 rings (SSSR count). The molecule has 0 spiro atoms. The molecular formula is C18H26N6O2. The minimum atomic E-state index is -0.387. The number of aromatic nitrogens is 2. The van der Waals surface area contributed by atoms with Gasteiger partial charge in [0.1, 0.15) is 6.54 Å². The van der Waals surface area contributed by atoms with E-state index >= 15 is 0 Å². The van der Waals surface area contributed by atoms with E-state index in [-0.39, 0.29) is 24.0 Å². The zero-order chi connectivity index (χ0) is 19.3. The quantitative estimate of drug-likeness (QED) is 0.610. The minimum absolute atomic E-state index is 0.174. The van der Waals surface area contributed by atoms with E-state index in [2.05, 4.69) is 25.7 Å². The van der Waals surface area contributed by atoms with E-state index in [1.807, 2.05) is 20.0 Å². The standard InChI is InChI=1S/C18H26N6O2/c1-6-21-18(20-5)22-15(25)10-24-17(26)12(3)14(9-11(2)19-4)16(23-24)13-7-8-13/h6,9,13,19H,7-8,10H2,1-5H3,(H,20,22,25)/b11-9+,21-6-. The van der Waals surface area contributed by atoms with Crippen LogP contribution in [-0.4, -0.2) is 42.0 Å².